The van der Waals surface area contributed by atoms with Gasteiger partial charge in [-0.05, 0) is 12.8 Å². The van der Waals surface area contributed by atoms with Crippen molar-refractivity contribution in [3.63, 3.8) is 0 Å². The average molecular weight is 298 g/mol. The van der Waals surface area contributed by atoms with E-state index in [2.05, 4.69) is 14.7 Å². The Morgan fingerprint density at radius 3 is 2.79 bits per heavy atom. The second-order valence-corrected chi connectivity index (χ2v) is 4.41. The molecule has 1 aliphatic rings. The van der Waals surface area contributed by atoms with Crippen molar-refractivity contribution in [2.45, 2.75) is 44.3 Å². The van der Waals surface area contributed by atoms with Crippen molar-refractivity contribution in [3.8, 4) is 0 Å². The molecule has 2 rings (SSSR count). The lowest BCUT2D eigenvalue weighted by molar-refractivity contribution is -0.143. The molecule has 1 aromatic rings. The molecule has 1 aromatic heterocycles. The molecule has 2 heterocycles. The predicted molar refractivity (Wildman–Crippen MR) is 66.3 cm³/mol. The van der Waals surface area contributed by atoms with Gasteiger partial charge in [-0.3, -0.25) is 4.99 Å². The average Bonchev–Trinajstić information content (AvgIpc) is 2.62. The molecule has 8 heteroatoms. The number of nitrogens with two attached hydrogens (primary N) is 1. The minimum Gasteiger partial charge on any atom is -0.387 e. The van der Waals surface area contributed by atoms with Crippen molar-refractivity contribution in [1.82, 2.24) is 5.16 Å². The molecule has 0 bridgehead atoms. The first-order chi connectivity index (χ1) is 8.47. The van der Waals surface area contributed by atoms with E-state index in [0.717, 1.165) is 25.5 Å². The summed E-state index contributed by atoms with van der Waals surface area (Å²) in [7, 11) is 0. The van der Waals surface area contributed by atoms with Crippen LogP contribution in [0.25, 0.3) is 0 Å². The van der Waals surface area contributed by atoms with Crippen LogP contribution in [-0.4, -0.2) is 17.0 Å². The van der Waals surface area contributed by atoms with Gasteiger partial charge in [-0.2, -0.15) is 13.2 Å². The monoisotopic (exact) mass is 297 g/mol. The molecule has 19 heavy (non-hydrogen) atoms. The third-order valence-electron chi connectivity index (χ3n) is 2.94. The molecule has 0 spiro atoms. The minimum atomic E-state index is -4.48. The van der Waals surface area contributed by atoms with Crippen LogP contribution in [0.3, 0.4) is 0 Å². The smallest absolute Gasteiger partial charge is 0.387 e. The Morgan fingerprint density at radius 2 is 2.11 bits per heavy atom. The van der Waals surface area contributed by atoms with Gasteiger partial charge in [0, 0.05) is 18.4 Å². The SMILES string of the molecule is Cl.NC1=NC(Cc2conc2C(F)(F)F)CCCC1. The van der Waals surface area contributed by atoms with Gasteiger partial charge in [-0.25, -0.2) is 0 Å². The lowest BCUT2D eigenvalue weighted by atomic mass is 10.0. The largest absolute Gasteiger partial charge is 0.437 e. The van der Waals surface area contributed by atoms with Crippen molar-refractivity contribution in [2.24, 2.45) is 10.7 Å². The summed E-state index contributed by atoms with van der Waals surface area (Å²) in [5, 5.41) is 3.02. The first-order valence-electron chi connectivity index (χ1n) is 5.79. The Labute approximate surface area is 114 Å². The zero-order valence-corrected chi connectivity index (χ0v) is 10.9. The third-order valence-corrected chi connectivity index (χ3v) is 2.94. The highest BCUT2D eigenvalue weighted by molar-refractivity contribution is 5.85. The van der Waals surface area contributed by atoms with E-state index in [1.54, 1.807) is 0 Å². The third kappa shape index (κ3) is 4.12. The molecule has 1 unspecified atom stereocenters. The maximum Gasteiger partial charge on any atom is 0.437 e. The fourth-order valence-corrected chi connectivity index (χ4v) is 2.09. The number of rotatable bonds is 2. The van der Waals surface area contributed by atoms with E-state index < -0.39 is 11.9 Å². The van der Waals surface area contributed by atoms with Crippen molar-refractivity contribution in [1.29, 1.82) is 0 Å². The Bertz CT molecular complexity index is 445. The number of aliphatic imine (C=N–C) groups is 1. The normalized spacial score (nSPS) is 20.4. The van der Waals surface area contributed by atoms with Gasteiger partial charge in [-0.15, -0.1) is 12.4 Å². The van der Waals surface area contributed by atoms with Gasteiger partial charge in [0.2, 0.25) is 0 Å². The van der Waals surface area contributed by atoms with Gasteiger partial charge in [0.25, 0.3) is 0 Å². The summed E-state index contributed by atoms with van der Waals surface area (Å²) in [5.74, 6) is 0.516. The molecule has 0 amide bonds. The van der Waals surface area contributed by atoms with E-state index >= 15 is 0 Å². The molecule has 1 atom stereocenters. The molecule has 1 aliphatic heterocycles. The zero-order valence-electron chi connectivity index (χ0n) is 10.1. The molecule has 0 saturated carbocycles. The van der Waals surface area contributed by atoms with Crippen molar-refractivity contribution in [3.05, 3.63) is 17.5 Å². The predicted octanol–water partition coefficient (Wildman–Crippen LogP) is 2.96. The summed E-state index contributed by atoms with van der Waals surface area (Å²) in [6.45, 7) is 0. The molecule has 0 aromatic carbocycles. The summed E-state index contributed by atoms with van der Waals surface area (Å²) in [4.78, 5) is 4.23. The number of halogens is 4. The molecular formula is C11H15ClF3N3O. The number of nitrogens with zero attached hydrogens (tertiary/aromatic N) is 2. The van der Waals surface area contributed by atoms with E-state index in [0.29, 0.717) is 12.3 Å². The number of amidine groups is 1. The van der Waals surface area contributed by atoms with Gasteiger partial charge in [0.05, 0.1) is 11.9 Å². The maximum absolute atomic E-state index is 12.6. The van der Waals surface area contributed by atoms with E-state index in [9.17, 15) is 13.2 Å². The molecule has 4 nitrogen and oxygen atoms in total. The van der Waals surface area contributed by atoms with E-state index in [1.807, 2.05) is 0 Å². The van der Waals surface area contributed by atoms with E-state index in [1.165, 1.54) is 0 Å². The quantitative estimate of drug-likeness (QED) is 0.912. The van der Waals surface area contributed by atoms with Crippen LogP contribution in [0.2, 0.25) is 0 Å². The number of alkyl halides is 3. The van der Waals surface area contributed by atoms with Crippen LogP contribution < -0.4 is 5.73 Å². The summed E-state index contributed by atoms with van der Waals surface area (Å²) in [5.41, 5.74) is 4.76. The Hall–Kier alpha value is -1.24. The fraction of sp³-hybridized carbons (Fsp3) is 0.636. The van der Waals surface area contributed by atoms with Crippen LogP contribution in [0.4, 0.5) is 13.2 Å². The van der Waals surface area contributed by atoms with Gasteiger partial charge in [0.1, 0.15) is 6.26 Å². The lowest BCUT2D eigenvalue weighted by Gasteiger charge is -2.11. The van der Waals surface area contributed by atoms with Crippen molar-refractivity contribution < 1.29 is 17.7 Å². The molecule has 108 valence electrons. The summed E-state index contributed by atoms with van der Waals surface area (Å²) < 4.78 is 42.3. The highest BCUT2D eigenvalue weighted by atomic mass is 35.5. The lowest BCUT2D eigenvalue weighted by Crippen LogP contribution is -2.17. The number of aromatic nitrogens is 1. The summed E-state index contributed by atoms with van der Waals surface area (Å²) in [6, 6.07) is -0.215. The Balaban J connectivity index is 0.00000180. The zero-order chi connectivity index (χ0) is 13.2. The van der Waals surface area contributed by atoms with Gasteiger partial charge in [0.15, 0.2) is 5.69 Å². The Kier molecular flexibility index (Phi) is 5.22. The van der Waals surface area contributed by atoms with Crippen molar-refractivity contribution >= 4 is 18.2 Å². The maximum atomic E-state index is 12.6. The molecule has 2 N–H and O–H groups in total. The van der Waals surface area contributed by atoms with Crippen molar-refractivity contribution in [2.75, 3.05) is 0 Å². The first-order valence-corrected chi connectivity index (χ1v) is 5.79. The van der Waals surface area contributed by atoms with E-state index in [4.69, 9.17) is 5.73 Å². The summed E-state index contributed by atoms with van der Waals surface area (Å²) in [6.07, 6.45) is 0.0271. The van der Waals surface area contributed by atoms with Crippen LogP contribution >= 0.6 is 12.4 Å². The van der Waals surface area contributed by atoms with Gasteiger partial charge >= 0.3 is 6.18 Å². The second-order valence-electron chi connectivity index (χ2n) is 4.41. The minimum absolute atomic E-state index is 0. The summed E-state index contributed by atoms with van der Waals surface area (Å²) >= 11 is 0. The molecule has 0 radical (unpaired) electrons. The molecule has 0 aliphatic carbocycles. The highest BCUT2D eigenvalue weighted by Gasteiger charge is 2.37. The van der Waals surface area contributed by atoms with Crippen LogP contribution in [0.5, 0.6) is 0 Å². The first kappa shape index (κ1) is 15.8. The Morgan fingerprint density at radius 1 is 1.37 bits per heavy atom. The second kappa shape index (κ2) is 6.27. The van der Waals surface area contributed by atoms with E-state index in [-0.39, 0.29) is 30.4 Å². The number of hydrogen-bond acceptors (Lipinski definition) is 4. The molecule has 0 saturated heterocycles. The van der Waals surface area contributed by atoms with Crippen LogP contribution in [0.1, 0.15) is 36.9 Å². The molecular weight excluding hydrogens is 283 g/mol. The fourth-order valence-electron chi connectivity index (χ4n) is 2.09. The topological polar surface area (TPSA) is 64.4 Å². The van der Waals surface area contributed by atoms with Crippen LogP contribution in [-0.2, 0) is 12.6 Å². The number of hydrogen-bond donors (Lipinski definition) is 1. The van der Waals surface area contributed by atoms with Gasteiger partial charge in [-0.1, -0.05) is 11.6 Å². The standard InChI is InChI=1S/C11H14F3N3O.ClH/c12-11(13,14)10-7(6-18-17-10)5-8-3-1-2-4-9(15)16-8;/h6,8H,1-5H2,(H2,15,16);1H. The van der Waals surface area contributed by atoms with Crippen LogP contribution in [0, 0.1) is 0 Å². The molecule has 0 fully saturated rings. The highest BCUT2D eigenvalue weighted by Crippen LogP contribution is 2.32. The van der Waals surface area contributed by atoms with Gasteiger partial charge < -0.3 is 10.3 Å². The van der Waals surface area contributed by atoms with Crippen LogP contribution in [0.15, 0.2) is 15.8 Å².